The summed E-state index contributed by atoms with van der Waals surface area (Å²) in [5.41, 5.74) is 1.95. The highest BCUT2D eigenvalue weighted by Gasteiger charge is 2.38. The number of imidazole rings is 1. The molecule has 0 aliphatic rings. The molecule has 0 bridgehead atoms. The molecule has 2 aromatic heterocycles. The van der Waals surface area contributed by atoms with Gasteiger partial charge in [0.2, 0.25) is 0 Å². The van der Waals surface area contributed by atoms with Crippen LogP contribution in [0.25, 0.3) is 16.6 Å². The lowest BCUT2D eigenvalue weighted by molar-refractivity contribution is 0.527. The van der Waals surface area contributed by atoms with Gasteiger partial charge in [-0.1, -0.05) is 41.5 Å². The van der Waals surface area contributed by atoms with Crippen LogP contribution in [0.1, 0.15) is 6.92 Å². The standard InChI is InChI=1S/C25H21FN5/c1-2-31(20-8-4-3-5-9-20,21-14-12-19(26)13-15-21)25-23-11-7-6-10-22(23)24(28-29-25)30-17-16-27-18-30/h3-18H,2H2,1H3/q+1. The van der Waals surface area contributed by atoms with Crippen LogP contribution in [0.2, 0.25) is 0 Å². The summed E-state index contributed by atoms with van der Waals surface area (Å²) in [6.07, 6.45) is 5.30. The molecule has 1 atom stereocenters. The lowest BCUT2D eigenvalue weighted by atomic mass is 10.1. The van der Waals surface area contributed by atoms with E-state index in [0.717, 1.165) is 33.8 Å². The Labute approximate surface area is 179 Å². The molecule has 0 radical (unpaired) electrons. The van der Waals surface area contributed by atoms with Gasteiger partial charge in [-0.25, -0.2) is 13.9 Å². The normalized spacial score (nSPS) is 13.2. The maximum Gasteiger partial charge on any atom is 0.265 e. The van der Waals surface area contributed by atoms with E-state index >= 15 is 0 Å². The minimum atomic E-state index is -0.266. The number of nitrogens with zero attached hydrogens (tertiary/aromatic N) is 5. The maximum absolute atomic E-state index is 13.8. The van der Waals surface area contributed by atoms with E-state index in [0.29, 0.717) is 11.0 Å². The van der Waals surface area contributed by atoms with E-state index in [-0.39, 0.29) is 5.82 Å². The van der Waals surface area contributed by atoms with Crippen LogP contribution in [0.3, 0.4) is 0 Å². The second-order valence-corrected chi connectivity index (χ2v) is 7.30. The van der Waals surface area contributed by atoms with Gasteiger partial charge in [0, 0.05) is 42.0 Å². The summed E-state index contributed by atoms with van der Waals surface area (Å²) in [6.45, 7) is 2.79. The van der Waals surface area contributed by atoms with Crippen molar-refractivity contribution in [1.29, 1.82) is 0 Å². The molecule has 0 spiro atoms. The molecule has 0 aliphatic carbocycles. The van der Waals surface area contributed by atoms with E-state index in [4.69, 9.17) is 5.10 Å². The van der Waals surface area contributed by atoms with Crippen LogP contribution >= 0.6 is 0 Å². The Morgan fingerprint density at radius 3 is 2.16 bits per heavy atom. The molecule has 5 rings (SSSR count). The minimum Gasteiger partial charge on any atom is -0.288 e. The van der Waals surface area contributed by atoms with Gasteiger partial charge in [-0.3, -0.25) is 4.57 Å². The van der Waals surface area contributed by atoms with Crippen molar-refractivity contribution in [2.24, 2.45) is 0 Å². The van der Waals surface area contributed by atoms with E-state index in [1.165, 1.54) is 12.1 Å². The first-order valence-electron chi connectivity index (χ1n) is 10.2. The van der Waals surface area contributed by atoms with Crippen LogP contribution in [-0.4, -0.2) is 26.3 Å². The van der Waals surface area contributed by atoms with Crippen LogP contribution in [0.5, 0.6) is 0 Å². The van der Waals surface area contributed by atoms with Crippen LogP contribution in [0.4, 0.5) is 21.6 Å². The topological polar surface area (TPSA) is 43.6 Å². The number of aromatic nitrogens is 4. The molecule has 0 N–H and O–H groups in total. The Hall–Kier alpha value is -3.90. The number of halogens is 1. The third-order valence-electron chi connectivity index (χ3n) is 5.70. The van der Waals surface area contributed by atoms with Crippen molar-refractivity contribution in [2.45, 2.75) is 6.92 Å². The highest BCUT2D eigenvalue weighted by molar-refractivity contribution is 5.98. The lowest BCUT2D eigenvalue weighted by Gasteiger charge is -2.35. The van der Waals surface area contributed by atoms with Crippen molar-refractivity contribution < 1.29 is 4.39 Å². The average Bonchev–Trinajstić information content (AvgIpc) is 3.36. The molecular weight excluding hydrogens is 389 g/mol. The third-order valence-corrected chi connectivity index (χ3v) is 5.70. The van der Waals surface area contributed by atoms with Crippen molar-refractivity contribution >= 4 is 28.0 Å². The number of fused-ring (bicyclic) bond motifs is 1. The Morgan fingerprint density at radius 2 is 1.48 bits per heavy atom. The van der Waals surface area contributed by atoms with E-state index in [1.54, 1.807) is 12.5 Å². The number of hydrogen-bond acceptors (Lipinski definition) is 3. The Kier molecular flexibility index (Phi) is 4.76. The fraction of sp³-hybridized carbons (Fsp3) is 0.0800. The summed E-state index contributed by atoms with van der Waals surface area (Å²) in [4.78, 5) is 4.15. The van der Waals surface area contributed by atoms with Gasteiger partial charge in [0.15, 0.2) is 5.82 Å². The second kappa shape index (κ2) is 7.74. The quantitative estimate of drug-likeness (QED) is 0.337. The minimum absolute atomic E-state index is 0.266. The molecule has 3 aromatic carbocycles. The molecule has 0 saturated carbocycles. The zero-order valence-electron chi connectivity index (χ0n) is 17.1. The van der Waals surface area contributed by atoms with Crippen molar-refractivity contribution in [3.8, 4) is 5.82 Å². The molecule has 5 nitrogen and oxygen atoms in total. The fourth-order valence-electron chi connectivity index (χ4n) is 4.22. The fourth-order valence-corrected chi connectivity index (χ4v) is 4.22. The lowest BCUT2D eigenvalue weighted by Crippen LogP contribution is -2.40. The van der Waals surface area contributed by atoms with Crippen LogP contribution in [-0.2, 0) is 0 Å². The van der Waals surface area contributed by atoms with Crippen LogP contribution < -0.4 is 4.48 Å². The van der Waals surface area contributed by atoms with Gasteiger partial charge < -0.3 is 0 Å². The van der Waals surface area contributed by atoms with E-state index < -0.39 is 0 Å². The van der Waals surface area contributed by atoms with Gasteiger partial charge in [0.05, 0.1) is 11.9 Å². The second-order valence-electron chi connectivity index (χ2n) is 7.30. The summed E-state index contributed by atoms with van der Waals surface area (Å²) in [5, 5.41) is 11.3. The predicted molar refractivity (Wildman–Crippen MR) is 121 cm³/mol. The highest BCUT2D eigenvalue weighted by Crippen LogP contribution is 2.45. The van der Waals surface area contributed by atoms with Gasteiger partial charge in [-0.05, 0) is 25.1 Å². The van der Waals surface area contributed by atoms with E-state index in [1.807, 2.05) is 59.3 Å². The molecule has 0 saturated heterocycles. The molecular formula is C25H21FN5+. The number of hydrogen-bond donors (Lipinski definition) is 0. The average molecular weight is 410 g/mol. The molecule has 0 fully saturated rings. The van der Waals surface area contributed by atoms with Gasteiger partial charge in [-0.2, -0.15) is 0 Å². The van der Waals surface area contributed by atoms with Gasteiger partial charge >= 0.3 is 0 Å². The smallest absolute Gasteiger partial charge is 0.265 e. The largest absolute Gasteiger partial charge is 0.288 e. The Balaban J connectivity index is 1.86. The molecule has 5 aromatic rings. The van der Waals surface area contributed by atoms with Crippen LogP contribution in [0.15, 0.2) is 97.6 Å². The number of benzene rings is 3. The number of rotatable bonds is 5. The van der Waals surface area contributed by atoms with Crippen molar-refractivity contribution in [3.05, 3.63) is 103 Å². The highest BCUT2D eigenvalue weighted by atomic mass is 19.1. The van der Waals surface area contributed by atoms with Crippen molar-refractivity contribution in [1.82, 2.24) is 24.2 Å². The zero-order valence-corrected chi connectivity index (χ0v) is 17.1. The van der Waals surface area contributed by atoms with Crippen molar-refractivity contribution in [3.63, 3.8) is 0 Å². The maximum atomic E-state index is 13.8. The zero-order chi connectivity index (χ0) is 21.3. The van der Waals surface area contributed by atoms with E-state index in [9.17, 15) is 4.39 Å². The molecule has 0 aliphatic heterocycles. The first kappa shape index (κ1) is 19.1. The van der Waals surface area contributed by atoms with Gasteiger partial charge in [0.25, 0.3) is 5.82 Å². The number of quaternary nitrogens is 1. The molecule has 6 heteroatoms. The summed E-state index contributed by atoms with van der Waals surface area (Å²) in [7, 11) is 0. The summed E-state index contributed by atoms with van der Waals surface area (Å²) < 4.78 is 16.0. The number of para-hydroxylation sites is 1. The van der Waals surface area contributed by atoms with E-state index in [2.05, 4.69) is 35.2 Å². The van der Waals surface area contributed by atoms with Crippen molar-refractivity contribution in [2.75, 3.05) is 6.54 Å². The summed E-state index contributed by atoms with van der Waals surface area (Å²) >= 11 is 0. The molecule has 1 unspecified atom stereocenters. The molecule has 152 valence electrons. The molecule has 0 amide bonds. The first-order chi connectivity index (χ1) is 15.2. The SMILES string of the molecule is CC[N+](c1ccccc1)(c1ccc(F)cc1)c1nnc(-n2ccnc2)c2ccccc12. The summed E-state index contributed by atoms with van der Waals surface area (Å²) in [6, 6.07) is 24.9. The van der Waals surface area contributed by atoms with Crippen LogP contribution in [0, 0.1) is 5.82 Å². The first-order valence-corrected chi connectivity index (χ1v) is 10.2. The molecule has 31 heavy (non-hydrogen) atoms. The Morgan fingerprint density at radius 1 is 0.806 bits per heavy atom. The Bertz CT molecular complexity index is 1320. The summed E-state index contributed by atoms with van der Waals surface area (Å²) in [5.74, 6) is 1.25. The monoisotopic (exact) mass is 410 g/mol. The molecule has 2 heterocycles. The predicted octanol–water partition coefficient (Wildman–Crippen LogP) is 5.95. The third kappa shape index (κ3) is 3.08. The van der Waals surface area contributed by atoms with Gasteiger partial charge in [-0.15, -0.1) is 5.10 Å². The van der Waals surface area contributed by atoms with Gasteiger partial charge in [0.1, 0.15) is 23.5 Å².